The van der Waals surface area contributed by atoms with Crippen molar-refractivity contribution in [1.29, 1.82) is 0 Å². The smallest absolute Gasteiger partial charge is 0.271 e. The first kappa shape index (κ1) is 22.4. The van der Waals surface area contributed by atoms with Crippen LogP contribution in [0.25, 0.3) is 0 Å². The lowest BCUT2D eigenvalue weighted by atomic mass is 10.2. The number of carbonyl (C=O) groups excluding carboxylic acids is 1. The third kappa shape index (κ3) is 5.58. The molecule has 0 aliphatic rings. The normalized spacial score (nSPS) is 12.1. The molecule has 2 aromatic rings. The number of nitrogens with zero attached hydrogens (tertiary/aromatic N) is 2. The molecule has 0 heterocycles. The van der Waals surface area contributed by atoms with Crippen molar-refractivity contribution in [2.75, 3.05) is 22.5 Å². The Kier molecular flexibility index (Phi) is 7.04. The van der Waals surface area contributed by atoms with E-state index in [0.717, 1.165) is 16.6 Å². The van der Waals surface area contributed by atoms with Crippen LogP contribution in [0.2, 0.25) is 5.02 Å². The molecule has 0 saturated heterocycles. The van der Waals surface area contributed by atoms with Gasteiger partial charge in [-0.2, -0.15) is 0 Å². The number of halogens is 1. The first-order valence-electron chi connectivity index (χ1n) is 8.51. The van der Waals surface area contributed by atoms with E-state index in [1.54, 1.807) is 12.1 Å². The number of anilines is 2. The lowest BCUT2D eigenvalue weighted by Gasteiger charge is -2.28. The highest BCUT2D eigenvalue weighted by atomic mass is 35.5. The summed E-state index contributed by atoms with van der Waals surface area (Å²) in [5.74, 6) is -0.142. The first-order chi connectivity index (χ1) is 13.5. The quantitative estimate of drug-likeness (QED) is 0.495. The fourth-order valence-electron chi connectivity index (χ4n) is 2.62. The second kappa shape index (κ2) is 9.10. The number of nitro benzene ring substituents is 1. The van der Waals surface area contributed by atoms with Gasteiger partial charge in [0.15, 0.2) is 0 Å². The van der Waals surface area contributed by atoms with E-state index >= 15 is 0 Å². The largest absolute Gasteiger partial charge is 0.494 e. The van der Waals surface area contributed by atoms with Crippen molar-refractivity contribution in [1.82, 2.24) is 0 Å². The fourth-order valence-corrected chi connectivity index (χ4v) is 3.96. The van der Waals surface area contributed by atoms with Gasteiger partial charge in [-0.05, 0) is 44.2 Å². The van der Waals surface area contributed by atoms with Crippen LogP contribution in [-0.4, -0.2) is 38.2 Å². The summed E-state index contributed by atoms with van der Waals surface area (Å²) in [4.78, 5) is 23.0. The van der Waals surface area contributed by atoms with Crippen molar-refractivity contribution in [3.05, 3.63) is 57.6 Å². The van der Waals surface area contributed by atoms with Crippen LogP contribution in [0.4, 0.5) is 17.1 Å². The fraction of sp³-hybridized carbons (Fsp3) is 0.278. The number of nitrogens with one attached hydrogen (secondary N) is 1. The number of sulfonamides is 1. The molecule has 0 spiro atoms. The third-order valence-electron chi connectivity index (χ3n) is 3.91. The van der Waals surface area contributed by atoms with Gasteiger partial charge < -0.3 is 10.1 Å². The van der Waals surface area contributed by atoms with Gasteiger partial charge >= 0.3 is 0 Å². The summed E-state index contributed by atoms with van der Waals surface area (Å²) >= 11 is 6.00. The average molecular weight is 442 g/mol. The molecule has 0 radical (unpaired) electrons. The predicted molar refractivity (Wildman–Crippen MR) is 111 cm³/mol. The summed E-state index contributed by atoms with van der Waals surface area (Å²) in [5, 5.41) is 13.5. The van der Waals surface area contributed by atoms with Gasteiger partial charge in [-0.15, -0.1) is 0 Å². The molecular weight excluding hydrogens is 422 g/mol. The van der Waals surface area contributed by atoms with Crippen LogP contribution in [0.5, 0.6) is 5.75 Å². The number of ether oxygens (including phenoxy) is 1. The Balaban J connectivity index is 2.32. The average Bonchev–Trinajstić information content (AvgIpc) is 2.64. The molecule has 1 atom stereocenters. The number of rotatable bonds is 8. The van der Waals surface area contributed by atoms with Gasteiger partial charge in [-0.1, -0.05) is 11.6 Å². The first-order valence-corrected chi connectivity index (χ1v) is 10.7. The second-order valence-corrected chi connectivity index (χ2v) is 8.34. The van der Waals surface area contributed by atoms with E-state index in [9.17, 15) is 23.3 Å². The minimum atomic E-state index is -3.82. The van der Waals surface area contributed by atoms with Crippen LogP contribution in [0.3, 0.4) is 0 Å². The maximum absolute atomic E-state index is 12.7. The highest BCUT2D eigenvalue weighted by Gasteiger charge is 2.29. The molecule has 0 aliphatic carbocycles. The van der Waals surface area contributed by atoms with E-state index in [1.807, 2.05) is 6.92 Å². The van der Waals surface area contributed by atoms with Crippen molar-refractivity contribution in [3.8, 4) is 5.75 Å². The maximum Gasteiger partial charge on any atom is 0.271 e. The summed E-state index contributed by atoms with van der Waals surface area (Å²) in [6.45, 7) is 3.68. The molecule has 2 rings (SSSR count). The topological polar surface area (TPSA) is 119 Å². The number of benzene rings is 2. The van der Waals surface area contributed by atoms with E-state index in [0.29, 0.717) is 12.4 Å². The number of carbonyl (C=O) groups is 1. The lowest BCUT2D eigenvalue weighted by molar-refractivity contribution is -0.384. The molecule has 2 aromatic carbocycles. The molecule has 0 aliphatic heterocycles. The lowest BCUT2D eigenvalue weighted by Crippen LogP contribution is -2.45. The molecule has 0 bridgehead atoms. The number of amides is 1. The Hall–Kier alpha value is -2.85. The molecule has 1 amide bonds. The summed E-state index contributed by atoms with van der Waals surface area (Å²) in [6.07, 6.45) is 0.980. The van der Waals surface area contributed by atoms with Gasteiger partial charge in [0.05, 0.1) is 34.2 Å². The van der Waals surface area contributed by atoms with E-state index in [1.165, 1.54) is 31.2 Å². The van der Waals surface area contributed by atoms with Gasteiger partial charge in [0.1, 0.15) is 11.8 Å². The van der Waals surface area contributed by atoms with Crippen molar-refractivity contribution in [2.24, 2.45) is 0 Å². The maximum atomic E-state index is 12.7. The Morgan fingerprint density at radius 2 is 1.90 bits per heavy atom. The van der Waals surface area contributed by atoms with Crippen LogP contribution < -0.4 is 14.4 Å². The zero-order valence-electron chi connectivity index (χ0n) is 16.0. The second-order valence-electron chi connectivity index (χ2n) is 6.07. The Labute approximate surface area is 173 Å². The molecule has 156 valence electrons. The van der Waals surface area contributed by atoms with E-state index in [-0.39, 0.29) is 22.1 Å². The minimum absolute atomic E-state index is 0.0119. The van der Waals surface area contributed by atoms with Gasteiger partial charge in [0.25, 0.3) is 5.69 Å². The SMILES string of the molecule is CCOc1ccc(N([C@@H](C)C(=O)Nc2cc([N+](=O)[O-])ccc2Cl)S(C)(=O)=O)cc1. The molecule has 1 N–H and O–H groups in total. The third-order valence-corrected chi connectivity index (χ3v) is 5.48. The van der Waals surface area contributed by atoms with Crippen LogP contribution >= 0.6 is 11.6 Å². The van der Waals surface area contributed by atoms with Crippen molar-refractivity contribution < 1.29 is 22.9 Å². The van der Waals surface area contributed by atoms with Gasteiger partial charge in [-0.25, -0.2) is 8.42 Å². The van der Waals surface area contributed by atoms with Crippen LogP contribution in [-0.2, 0) is 14.8 Å². The summed E-state index contributed by atoms with van der Waals surface area (Å²) in [7, 11) is -3.82. The molecule has 0 unspecified atom stereocenters. The van der Waals surface area contributed by atoms with Gasteiger partial charge in [0.2, 0.25) is 15.9 Å². The van der Waals surface area contributed by atoms with Crippen LogP contribution in [0.1, 0.15) is 13.8 Å². The molecular formula is C18H20ClN3O6S. The Bertz CT molecular complexity index is 1010. The van der Waals surface area contributed by atoms with Crippen molar-refractivity contribution in [3.63, 3.8) is 0 Å². The highest BCUT2D eigenvalue weighted by molar-refractivity contribution is 7.92. The molecule has 29 heavy (non-hydrogen) atoms. The van der Waals surface area contributed by atoms with E-state index < -0.39 is 26.9 Å². The number of non-ortho nitro benzene ring substituents is 1. The monoisotopic (exact) mass is 441 g/mol. The zero-order chi connectivity index (χ0) is 21.8. The van der Waals surface area contributed by atoms with Crippen LogP contribution in [0.15, 0.2) is 42.5 Å². The van der Waals surface area contributed by atoms with E-state index in [4.69, 9.17) is 16.3 Å². The van der Waals surface area contributed by atoms with Gasteiger partial charge in [-0.3, -0.25) is 19.2 Å². The Morgan fingerprint density at radius 1 is 1.28 bits per heavy atom. The Morgan fingerprint density at radius 3 is 2.41 bits per heavy atom. The number of hydrogen-bond acceptors (Lipinski definition) is 6. The summed E-state index contributed by atoms with van der Waals surface area (Å²) in [6, 6.07) is 8.67. The molecule has 0 fully saturated rings. The zero-order valence-corrected chi connectivity index (χ0v) is 17.5. The molecule has 0 aromatic heterocycles. The molecule has 9 nitrogen and oxygen atoms in total. The van der Waals surface area contributed by atoms with E-state index in [2.05, 4.69) is 5.32 Å². The van der Waals surface area contributed by atoms with Crippen molar-refractivity contribution >= 4 is 44.6 Å². The van der Waals surface area contributed by atoms with Gasteiger partial charge in [0, 0.05) is 12.1 Å². The number of hydrogen-bond donors (Lipinski definition) is 1. The van der Waals surface area contributed by atoms with Crippen molar-refractivity contribution in [2.45, 2.75) is 19.9 Å². The molecule has 11 heteroatoms. The predicted octanol–water partition coefficient (Wildman–Crippen LogP) is 3.44. The summed E-state index contributed by atoms with van der Waals surface area (Å²) < 4.78 is 31.0. The minimum Gasteiger partial charge on any atom is -0.494 e. The number of nitro groups is 1. The standard InChI is InChI=1S/C18H20ClN3O6S/c1-4-28-15-8-5-13(6-9-15)21(29(3,26)27)12(2)18(23)20-17-11-14(22(24)25)7-10-16(17)19/h5-12H,4H2,1-3H3,(H,20,23)/t12-/m0/s1. The highest BCUT2D eigenvalue weighted by Crippen LogP contribution is 2.28. The summed E-state index contributed by atoms with van der Waals surface area (Å²) in [5.41, 5.74) is 0.0189. The van der Waals surface area contributed by atoms with Crippen LogP contribution in [0, 0.1) is 10.1 Å². The molecule has 0 saturated carbocycles.